The minimum Gasteiger partial charge on any atom is -0.497 e. The van der Waals surface area contributed by atoms with Crippen LogP contribution in [0.5, 0.6) is 17.2 Å². The van der Waals surface area contributed by atoms with E-state index in [1.54, 1.807) is 37.1 Å². The van der Waals surface area contributed by atoms with Gasteiger partial charge in [-0.15, -0.1) is 0 Å². The van der Waals surface area contributed by atoms with E-state index in [4.69, 9.17) is 14.2 Å². The van der Waals surface area contributed by atoms with Gasteiger partial charge in [0.05, 0.1) is 31.8 Å². The van der Waals surface area contributed by atoms with Crippen molar-refractivity contribution in [1.29, 1.82) is 0 Å². The maximum absolute atomic E-state index is 13.2. The van der Waals surface area contributed by atoms with Gasteiger partial charge in [-0.3, -0.25) is 4.79 Å². The van der Waals surface area contributed by atoms with Crippen LogP contribution in [0.15, 0.2) is 41.3 Å². The third kappa shape index (κ3) is 5.78. The maximum atomic E-state index is 13.2. The summed E-state index contributed by atoms with van der Waals surface area (Å²) in [6, 6.07) is 8.95. The standard InChI is InChI=1S/C24H32N2O6S/c1-17(20-15-18(30-2)9-11-22(20)31-3)25-33(28,29)19-10-12-23(32-4)21(16-19)24(27)26-13-7-5-6-8-14-26/h9-12,15-17,25H,5-8,13-14H2,1-4H3/t17-/m1/s1. The van der Waals surface area contributed by atoms with Crippen LogP contribution in [-0.2, 0) is 10.0 Å². The van der Waals surface area contributed by atoms with Crippen molar-refractivity contribution in [2.75, 3.05) is 34.4 Å². The second-order valence-electron chi connectivity index (χ2n) is 8.02. The lowest BCUT2D eigenvalue weighted by Crippen LogP contribution is -2.32. The van der Waals surface area contributed by atoms with Crippen molar-refractivity contribution in [2.24, 2.45) is 0 Å². The van der Waals surface area contributed by atoms with Gasteiger partial charge < -0.3 is 19.1 Å². The normalized spacial score (nSPS) is 15.5. The second-order valence-corrected chi connectivity index (χ2v) is 9.73. The number of hydrogen-bond acceptors (Lipinski definition) is 6. The summed E-state index contributed by atoms with van der Waals surface area (Å²) in [4.78, 5) is 15.0. The molecule has 2 aromatic carbocycles. The summed E-state index contributed by atoms with van der Waals surface area (Å²) in [7, 11) is 0.593. The maximum Gasteiger partial charge on any atom is 0.257 e. The molecular formula is C24H32N2O6S. The van der Waals surface area contributed by atoms with Gasteiger partial charge in [-0.05, 0) is 56.2 Å². The average Bonchev–Trinajstić information content (AvgIpc) is 3.12. The third-order valence-electron chi connectivity index (χ3n) is 5.84. The molecule has 1 amide bonds. The molecule has 1 N–H and O–H groups in total. The van der Waals surface area contributed by atoms with Crippen molar-refractivity contribution in [3.8, 4) is 17.2 Å². The van der Waals surface area contributed by atoms with Crippen LogP contribution >= 0.6 is 0 Å². The van der Waals surface area contributed by atoms with Gasteiger partial charge in [-0.25, -0.2) is 13.1 Å². The number of benzene rings is 2. The van der Waals surface area contributed by atoms with Crippen molar-refractivity contribution >= 4 is 15.9 Å². The Balaban J connectivity index is 1.90. The number of carbonyl (C=O) groups is 1. The number of rotatable bonds is 8. The second kappa shape index (κ2) is 10.9. The zero-order chi connectivity index (χ0) is 24.0. The molecule has 0 bridgehead atoms. The van der Waals surface area contributed by atoms with Crippen molar-refractivity contribution < 1.29 is 27.4 Å². The Morgan fingerprint density at radius 3 is 2.15 bits per heavy atom. The van der Waals surface area contributed by atoms with Crippen LogP contribution < -0.4 is 18.9 Å². The van der Waals surface area contributed by atoms with Crippen LogP contribution in [-0.4, -0.2) is 53.6 Å². The van der Waals surface area contributed by atoms with Gasteiger partial charge in [-0.1, -0.05) is 12.8 Å². The first-order chi connectivity index (χ1) is 15.8. The van der Waals surface area contributed by atoms with Crippen LogP contribution in [0.2, 0.25) is 0 Å². The SMILES string of the molecule is COc1ccc(OC)c([C@@H](C)NS(=O)(=O)c2ccc(OC)c(C(=O)N3CCCCCC3)c2)c1. The lowest BCUT2D eigenvalue weighted by atomic mass is 10.1. The Labute approximate surface area is 195 Å². The van der Waals surface area contributed by atoms with Crippen LogP contribution in [0.1, 0.15) is 54.6 Å². The Hall–Kier alpha value is -2.78. The molecule has 0 aliphatic carbocycles. The zero-order valence-corrected chi connectivity index (χ0v) is 20.4. The van der Waals surface area contributed by atoms with Crippen molar-refractivity contribution in [3.05, 3.63) is 47.5 Å². The number of nitrogens with one attached hydrogen (secondary N) is 1. The molecule has 8 nitrogen and oxygen atoms in total. The van der Waals surface area contributed by atoms with Crippen molar-refractivity contribution in [2.45, 2.75) is 43.5 Å². The summed E-state index contributed by atoms with van der Waals surface area (Å²) in [6.07, 6.45) is 4.05. The third-order valence-corrected chi connectivity index (χ3v) is 7.38. The highest BCUT2D eigenvalue weighted by Gasteiger charge is 2.26. The van der Waals surface area contributed by atoms with E-state index in [1.165, 1.54) is 32.4 Å². The Kier molecular flexibility index (Phi) is 8.20. The molecule has 1 aliphatic heterocycles. The predicted molar refractivity (Wildman–Crippen MR) is 126 cm³/mol. The summed E-state index contributed by atoms with van der Waals surface area (Å²) in [6.45, 7) is 3.04. The number of amides is 1. The van der Waals surface area contributed by atoms with E-state index in [9.17, 15) is 13.2 Å². The van der Waals surface area contributed by atoms with Gasteiger partial charge in [0.1, 0.15) is 17.2 Å². The summed E-state index contributed by atoms with van der Waals surface area (Å²) in [5.41, 5.74) is 0.878. The molecule has 1 aliphatic rings. The van der Waals surface area contributed by atoms with Gasteiger partial charge >= 0.3 is 0 Å². The van der Waals surface area contributed by atoms with Crippen LogP contribution in [0.3, 0.4) is 0 Å². The molecule has 3 rings (SSSR count). The van der Waals surface area contributed by atoms with E-state index >= 15 is 0 Å². The fourth-order valence-corrected chi connectivity index (χ4v) is 5.26. The van der Waals surface area contributed by atoms with E-state index in [0.717, 1.165) is 25.7 Å². The number of ether oxygens (including phenoxy) is 3. The lowest BCUT2D eigenvalue weighted by molar-refractivity contribution is 0.0758. The highest BCUT2D eigenvalue weighted by atomic mass is 32.2. The summed E-state index contributed by atoms with van der Waals surface area (Å²) >= 11 is 0. The number of likely N-dealkylation sites (tertiary alicyclic amines) is 1. The van der Waals surface area contributed by atoms with Crippen molar-refractivity contribution in [3.63, 3.8) is 0 Å². The largest absolute Gasteiger partial charge is 0.497 e. The van der Waals surface area contributed by atoms with Crippen molar-refractivity contribution in [1.82, 2.24) is 9.62 Å². The Morgan fingerprint density at radius 1 is 0.909 bits per heavy atom. The van der Waals surface area contributed by atoms with Gasteiger partial charge in [0.2, 0.25) is 10.0 Å². The number of hydrogen-bond donors (Lipinski definition) is 1. The van der Waals surface area contributed by atoms with Crippen LogP contribution in [0, 0.1) is 0 Å². The minimum atomic E-state index is -3.94. The van der Waals surface area contributed by atoms with E-state index in [2.05, 4.69) is 4.72 Å². The molecule has 1 atom stereocenters. The summed E-state index contributed by atoms with van der Waals surface area (Å²) < 4.78 is 45.2. The summed E-state index contributed by atoms with van der Waals surface area (Å²) in [5.74, 6) is 1.27. The molecule has 0 saturated carbocycles. The summed E-state index contributed by atoms with van der Waals surface area (Å²) in [5, 5.41) is 0. The monoisotopic (exact) mass is 476 g/mol. The highest BCUT2D eigenvalue weighted by Crippen LogP contribution is 2.31. The lowest BCUT2D eigenvalue weighted by Gasteiger charge is -2.22. The smallest absolute Gasteiger partial charge is 0.257 e. The number of nitrogens with zero attached hydrogens (tertiary/aromatic N) is 1. The molecule has 0 aromatic heterocycles. The molecule has 33 heavy (non-hydrogen) atoms. The van der Waals surface area contributed by atoms with Crippen LogP contribution in [0.25, 0.3) is 0 Å². The molecular weight excluding hydrogens is 444 g/mol. The molecule has 1 heterocycles. The first-order valence-corrected chi connectivity index (χ1v) is 12.5. The molecule has 180 valence electrons. The van der Waals surface area contributed by atoms with E-state index in [-0.39, 0.29) is 16.4 Å². The molecule has 2 aromatic rings. The fraction of sp³-hybridized carbons (Fsp3) is 0.458. The molecule has 1 fully saturated rings. The number of methoxy groups -OCH3 is 3. The average molecular weight is 477 g/mol. The topological polar surface area (TPSA) is 94.2 Å². The molecule has 0 radical (unpaired) electrons. The molecule has 1 saturated heterocycles. The predicted octanol–water partition coefficient (Wildman–Crippen LogP) is 3.77. The quantitative estimate of drug-likeness (QED) is 0.623. The van der Waals surface area contributed by atoms with E-state index in [1.807, 2.05) is 0 Å². The van der Waals surface area contributed by atoms with Crippen LogP contribution in [0.4, 0.5) is 0 Å². The molecule has 9 heteroatoms. The van der Waals surface area contributed by atoms with Gasteiger partial charge in [0, 0.05) is 24.7 Å². The number of carbonyl (C=O) groups excluding carboxylic acids is 1. The van der Waals surface area contributed by atoms with Gasteiger partial charge in [0.25, 0.3) is 5.91 Å². The van der Waals surface area contributed by atoms with E-state index in [0.29, 0.717) is 35.9 Å². The fourth-order valence-electron chi connectivity index (χ4n) is 4.01. The first kappa shape index (κ1) is 24.9. The minimum absolute atomic E-state index is 0.00446. The molecule has 0 unspecified atom stereocenters. The highest BCUT2D eigenvalue weighted by molar-refractivity contribution is 7.89. The Bertz CT molecular complexity index is 1080. The molecule has 0 spiro atoms. The van der Waals surface area contributed by atoms with Gasteiger partial charge in [-0.2, -0.15) is 0 Å². The van der Waals surface area contributed by atoms with E-state index < -0.39 is 16.1 Å². The first-order valence-electron chi connectivity index (χ1n) is 11.0. The van der Waals surface area contributed by atoms with Gasteiger partial charge in [0.15, 0.2) is 0 Å². The zero-order valence-electron chi connectivity index (χ0n) is 19.6. The Morgan fingerprint density at radius 2 is 1.55 bits per heavy atom. The number of sulfonamides is 1.